The molecule has 2 heterocycles. The maximum absolute atomic E-state index is 9.53. The van der Waals surface area contributed by atoms with Crippen LogP contribution in [-0.2, 0) is 0 Å². The quantitative estimate of drug-likeness (QED) is 0.845. The first kappa shape index (κ1) is 16.8. The van der Waals surface area contributed by atoms with Crippen LogP contribution in [0.4, 0.5) is 11.4 Å². The molecule has 126 valence electrons. The topological polar surface area (TPSA) is 67.0 Å². The van der Waals surface area contributed by atoms with E-state index in [0.717, 1.165) is 55.4 Å². The summed E-state index contributed by atoms with van der Waals surface area (Å²) in [6.45, 7) is 7.29. The van der Waals surface area contributed by atoms with Gasteiger partial charge in [-0.2, -0.15) is 10.5 Å². The molecule has 0 saturated carbocycles. The molecule has 1 aromatic carbocycles. The van der Waals surface area contributed by atoms with E-state index in [-0.39, 0.29) is 0 Å². The van der Waals surface area contributed by atoms with Gasteiger partial charge in [-0.05, 0) is 38.5 Å². The first-order valence-corrected chi connectivity index (χ1v) is 8.51. The number of rotatable bonds is 2. The van der Waals surface area contributed by atoms with Gasteiger partial charge in [0.1, 0.15) is 12.1 Å². The van der Waals surface area contributed by atoms with Crippen LogP contribution in [0.5, 0.6) is 0 Å². The Morgan fingerprint density at radius 3 is 2.28 bits per heavy atom. The van der Waals surface area contributed by atoms with E-state index in [1.54, 1.807) is 0 Å². The van der Waals surface area contributed by atoms with Crippen molar-refractivity contribution in [3.05, 3.63) is 52.8 Å². The molecule has 0 bridgehead atoms. The lowest BCUT2D eigenvalue weighted by Crippen LogP contribution is -2.31. The van der Waals surface area contributed by atoms with Crippen molar-refractivity contribution < 1.29 is 0 Å². The fourth-order valence-electron chi connectivity index (χ4n) is 3.44. The minimum absolute atomic E-state index is 0.663. The number of para-hydroxylation sites is 1. The van der Waals surface area contributed by atoms with Crippen LogP contribution in [0.1, 0.15) is 28.9 Å². The fraction of sp³-hybridized carbons (Fsp3) is 0.350. The van der Waals surface area contributed by atoms with Gasteiger partial charge in [-0.25, -0.2) is 0 Å². The molecule has 25 heavy (non-hydrogen) atoms. The molecule has 5 nitrogen and oxygen atoms in total. The minimum atomic E-state index is 0.663. The Bertz CT molecular complexity index is 859. The van der Waals surface area contributed by atoms with Crippen molar-refractivity contribution in [1.82, 2.24) is 4.98 Å². The van der Waals surface area contributed by atoms with Crippen LogP contribution in [0, 0.1) is 36.5 Å². The SMILES string of the molecule is Cc1cc(N2CCCN(c3ccccc3C#N)CC2)c(C#N)c(C)n1. The van der Waals surface area contributed by atoms with E-state index >= 15 is 0 Å². The molecule has 0 spiro atoms. The maximum atomic E-state index is 9.53. The third-order valence-corrected chi connectivity index (χ3v) is 4.62. The monoisotopic (exact) mass is 331 g/mol. The first-order valence-electron chi connectivity index (χ1n) is 8.51. The Morgan fingerprint density at radius 1 is 0.920 bits per heavy atom. The second-order valence-corrected chi connectivity index (χ2v) is 6.31. The lowest BCUT2D eigenvalue weighted by molar-refractivity contribution is 0.803. The summed E-state index contributed by atoms with van der Waals surface area (Å²) >= 11 is 0. The first-order chi connectivity index (χ1) is 12.1. The molecule has 0 atom stereocenters. The zero-order valence-corrected chi connectivity index (χ0v) is 14.7. The van der Waals surface area contributed by atoms with Gasteiger partial charge < -0.3 is 9.80 Å². The Morgan fingerprint density at radius 2 is 1.60 bits per heavy atom. The molecule has 1 aliphatic heterocycles. The average molecular weight is 331 g/mol. The summed E-state index contributed by atoms with van der Waals surface area (Å²) in [6, 6.07) is 14.3. The highest BCUT2D eigenvalue weighted by molar-refractivity contribution is 5.63. The smallest absolute Gasteiger partial charge is 0.103 e. The van der Waals surface area contributed by atoms with E-state index in [1.165, 1.54) is 0 Å². The van der Waals surface area contributed by atoms with Crippen molar-refractivity contribution in [2.45, 2.75) is 20.3 Å². The van der Waals surface area contributed by atoms with Crippen LogP contribution in [0.25, 0.3) is 0 Å². The molecular formula is C20H21N5. The summed E-state index contributed by atoms with van der Waals surface area (Å²) in [4.78, 5) is 8.96. The van der Waals surface area contributed by atoms with Gasteiger partial charge in [0, 0.05) is 31.9 Å². The zero-order valence-electron chi connectivity index (χ0n) is 14.7. The number of aryl methyl sites for hydroxylation is 2. The maximum Gasteiger partial charge on any atom is 0.103 e. The van der Waals surface area contributed by atoms with Crippen LogP contribution >= 0.6 is 0 Å². The van der Waals surface area contributed by atoms with Crippen LogP contribution in [-0.4, -0.2) is 31.2 Å². The van der Waals surface area contributed by atoms with Gasteiger partial charge in [-0.15, -0.1) is 0 Å². The second kappa shape index (κ2) is 7.23. The van der Waals surface area contributed by atoms with Crippen molar-refractivity contribution >= 4 is 11.4 Å². The van der Waals surface area contributed by atoms with Gasteiger partial charge in [0.2, 0.25) is 0 Å². The van der Waals surface area contributed by atoms with Crippen molar-refractivity contribution in [1.29, 1.82) is 10.5 Å². The summed E-state index contributed by atoms with van der Waals surface area (Å²) < 4.78 is 0. The number of pyridine rings is 1. The predicted molar refractivity (Wildman–Crippen MR) is 98.6 cm³/mol. The Hall–Kier alpha value is -3.05. The summed E-state index contributed by atoms with van der Waals surface area (Å²) in [5, 5.41) is 18.9. The number of anilines is 2. The second-order valence-electron chi connectivity index (χ2n) is 6.31. The minimum Gasteiger partial charge on any atom is -0.369 e. The highest BCUT2D eigenvalue weighted by Gasteiger charge is 2.20. The van der Waals surface area contributed by atoms with Crippen molar-refractivity contribution in [3.63, 3.8) is 0 Å². The molecule has 3 rings (SSSR count). The number of aromatic nitrogens is 1. The number of hydrogen-bond acceptors (Lipinski definition) is 5. The molecule has 0 unspecified atom stereocenters. The van der Waals surface area contributed by atoms with Crippen LogP contribution in [0.15, 0.2) is 30.3 Å². The molecule has 5 heteroatoms. The Labute approximate surface area is 148 Å². The van der Waals surface area contributed by atoms with Crippen LogP contribution in [0.3, 0.4) is 0 Å². The zero-order chi connectivity index (χ0) is 17.8. The fourth-order valence-corrected chi connectivity index (χ4v) is 3.44. The standard InChI is InChI=1S/C20H21N5/c1-15-12-20(18(14-22)16(2)23-15)25-9-5-8-24(10-11-25)19-7-4-3-6-17(19)13-21/h3-4,6-7,12H,5,8-11H2,1-2H3. The normalized spacial score (nSPS) is 14.6. The highest BCUT2D eigenvalue weighted by Crippen LogP contribution is 2.26. The molecule has 0 amide bonds. The lowest BCUT2D eigenvalue weighted by Gasteiger charge is -2.26. The van der Waals surface area contributed by atoms with Gasteiger partial charge in [0.05, 0.1) is 28.2 Å². The molecule has 0 aliphatic carbocycles. The van der Waals surface area contributed by atoms with Gasteiger partial charge in [0.25, 0.3) is 0 Å². The lowest BCUT2D eigenvalue weighted by atomic mass is 10.1. The Kier molecular flexibility index (Phi) is 4.86. The Balaban J connectivity index is 1.86. The van der Waals surface area contributed by atoms with E-state index < -0.39 is 0 Å². The van der Waals surface area contributed by atoms with Gasteiger partial charge in [0.15, 0.2) is 0 Å². The van der Waals surface area contributed by atoms with Crippen LogP contribution < -0.4 is 9.80 Å². The molecule has 0 radical (unpaired) electrons. The number of hydrogen-bond donors (Lipinski definition) is 0. The van der Waals surface area contributed by atoms with Gasteiger partial charge in [-0.1, -0.05) is 12.1 Å². The molecule has 1 aromatic heterocycles. The third-order valence-electron chi connectivity index (χ3n) is 4.62. The molecule has 1 fully saturated rings. The molecule has 0 N–H and O–H groups in total. The molecule has 1 saturated heterocycles. The summed E-state index contributed by atoms with van der Waals surface area (Å²) in [5.74, 6) is 0. The summed E-state index contributed by atoms with van der Waals surface area (Å²) in [6.07, 6.45) is 0.977. The van der Waals surface area contributed by atoms with Gasteiger partial charge in [-0.3, -0.25) is 4.98 Å². The molecule has 2 aromatic rings. The van der Waals surface area contributed by atoms with E-state index in [0.29, 0.717) is 11.1 Å². The molecular weight excluding hydrogens is 310 g/mol. The number of nitriles is 2. The number of nitrogens with zero attached hydrogens (tertiary/aromatic N) is 5. The predicted octanol–water partition coefficient (Wildman–Crippen LogP) is 3.16. The molecule has 1 aliphatic rings. The highest BCUT2D eigenvalue weighted by atomic mass is 15.2. The van der Waals surface area contributed by atoms with E-state index in [2.05, 4.69) is 26.9 Å². The summed E-state index contributed by atoms with van der Waals surface area (Å²) in [7, 11) is 0. The largest absolute Gasteiger partial charge is 0.369 e. The number of benzene rings is 1. The van der Waals surface area contributed by atoms with Crippen molar-refractivity contribution in [2.75, 3.05) is 36.0 Å². The third kappa shape index (κ3) is 3.41. The van der Waals surface area contributed by atoms with E-state index in [9.17, 15) is 10.5 Å². The van der Waals surface area contributed by atoms with E-state index in [4.69, 9.17) is 0 Å². The summed E-state index contributed by atoms with van der Waals surface area (Å²) in [5.41, 5.74) is 5.06. The van der Waals surface area contributed by atoms with Crippen molar-refractivity contribution in [2.24, 2.45) is 0 Å². The van der Waals surface area contributed by atoms with Crippen molar-refractivity contribution in [3.8, 4) is 12.1 Å². The van der Waals surface area contributed by atoms with E-state index in [1.807, 2.05) is 44.2 Å². The van der Waals surface area contributed by atoms with Gasteiger partial charge >= 0.3 is 0 Å². The van der Waals surface area contributed by atoms with Crippen LogP contribution in [0.2, 0.25) is 0 Å². The average Bonchev–Trinajstić information content (AvgIpc) is 2.87.